The fourth-order valence-electron chi connectivity index (χ4n) is 1.54. The summed E-state index contributed by atoms with van der Waals surface area (Å²) in [5, 5.41) is 10.2. The van der Waals surface area contributed by atoms with Crippen LogP contribution in [0.5, 0.6) is 0 Å². The van der Waals surface area contributed by atoms with Crippen LogP contribution in [0.25, 0.3) is 5.69 Å². The van der Waals surface area contributed by atoms with Crippen LogP contribution in [0.1, 0.15) is 11.7 Å². The lowest BCUT2D eigenvalue weighted by Crippen LogP contribution is -2.18. The highest BCUT2D eigenvalue weighted by Crippen LogP contribution is 2.26. The van der Waals surface area contributed by atoms with Crippen molar-refractivity contribution in [2.75, 3.05) is 6.61 Å². The molecule has 4 nitrogen and oxygen atoms in total. The largest absolute Gasteiger partial charge is 0.394 e. The van der Waals surface area contributed by atoms with Crippen LogP contribution in [0, 0.1) is 0 Å². The SMILES string of the molecule is NC(CO)c1cncn1-c1cc(Cl)ccc1Cl. The zero-order chi connectivity index (χ0) is 12.4. The van der Waals surface area contributed by atoms with Crippen LogP contribution in [-0.2, 0) is 0 Å². The third kappa shape index (κ3) is 2.45. The molecule has 2 rings (SSSR count). The molecule has 0 fully saturated rings. The molecule has 1 aromatic carbocycles. The van der Waals surface area contributed by atoms with Crippen LogP contribution in [-0.4, -0.2) is 21.3 Å². The van der Waals surface area contributed by atoms with Crippen LogP contribution >= 0.6 is 23.2 Å². The molecule has 0 aliphatic carbocycles. The number of rotatable bonds is 3. The fourth-order valence-corrected chi connectivity index (χ4v) is 1.92. The summed E-state index contributed by atoms with van der Waals surface area (Å²) in [4.78, 5) is 4.01. The molecular weight excluding hydrogens is 261 g/mol. The monoisotopic (exact) mass is 271 g/mol. The van der Waals surface area contributed by atoms with E-state index in [1.807, 2.05) is 0 Å². The first-order valence-electron chi connectivity index (χ1n) is 4.97. The zero-order valence-electron chi connectivity index (χ0n) is 8.85. The predicted octanol–water partition coefficient (Wildman–Crippen LogP) is 2.17. The summed E-state index contributed by atoms with van der Waals surface area (Å²) in [5.74, 6) is 0. The van der Waals surface area contributed by atoms with Crippen LogP contribution in [0.3, 0.4) is 0 Å². The van der Waals surface area contributed by atoms with Gasteiger partial charge >= 0.3 is 0 Å². The number of aromatic nitrogens is 2. The standard InChI is InChI=1S/C11H11Cl2N3O/c12-7-1-2-8(13)10(3-7)16-6-15-4-11(16)9(14)5-17/h1-4,6,9,17H,5,14H2. The van der Waals surface area contributed by atoms with E-state index in [1.165, 1.54) is 0 Å². The van der Waals surface area contributed by atoms with Crippen molar-refractivity contribution >= 4 is 23.2 Å². The first-order chi connectivity index (χ1) is 8.13. The topological polar surface area (TPSA) is 64.1 Å². The van der Waals surface area contributed by atoms with Crippen LogP contribution in [0.2, 0.25) is 10.0 Å². The summed E-state index contributed by atoms with van der Waals surface area (Å²) in [7, 11) is 0. The molecule has 90 valence electrons. The summed E-state index contributed by atoms with van der Waals surface area (Å²) in [6.07, 6.45) is 3.18. The summed E-state index contributed by atoms with van der Waals surface area (Å²) in [6, 6.07) is 4.62. The number of nitrogens with zero attached hydrogens (tertiary/aromatic N) is 2. The average molecular weight is 272 g/mol. The number of nitrogens with two attached hydrogens (primary N) is 1. The lowest BCUT2D eigenvalue weighted by Gasteiger charge is -2.13. The lowest BCUT2D eigenvalue weighted by atomic mass is 10.2. The number of benzene rings is 1. The number of hydrogen-bond donors (Lipinski definition) is 2. The first kappa shape index (κ1) is 12.4. The van der Waals surface area contributed by atoms with Gasteiger partial charge in [0, 0.05) is 5.02 Å². The number of aliphatic hydroxyl groups is 1. The molecule has 0 bridgehead atoms. The highest BCUT2D eigenvalue weighted by Gasteiger charge is 2.13. The van der Waals surface area contributed by atoms with Crippen molar-refractivity contribution < 1.29 is 5.11 Å². The Morgan fingerprint density at radius 3 is 2.88 bits per heavy atom. The maximum atomic E-state index is 9.08. The first-order valence-corrected chi connectivity index (χ1v) is 5.73. The number of hydrogen-bond acceptors (Lipinski definition) is 3. The van der Waals surface area contributed by atoms with E-state index in [-0.39, 0.29) is 6.61 Å². The Hall–Kier alpha value is -1.07. The summed E-state index contributed by atoms with van der Waals surface area (Å²) < 4.78 is 1.72. The Kier molecular flexibility index (Phi) is 3.69. The van der Waals surface area contributed by atoms with Gasteiger partial charge in [0.05, 0.1) is 41.6 Å². The van der Waals surface area contributed by atoms with E-state index in [1.54, 1.807) is 35.3 Å². The van der Waals surface area contributed by atoms with Gasteiger partial charge in [-0.2, -0.15) is 0 Å². The van der Waals surface area contributed by atoms with Crippen molar-refractivity contribution in [3.63, 3.8) is 0 Å². The van der Waals surface area contributed by atoms with Gasteiger partial charge in [-0.05, 0) is 18.2 Å². The maximum absolute atomic E-state index is 9.08. The van der Waals surface area contributed by atoms with Gasteiger partial charge in [0.2, 0.25) is 0 Å². The summed E-state index contributed by atoms with van der Waals surface area (Å²) in [6.45, 7) is -0.163. The van der Waals surface area contributed by atoms with Crippen molar-refractivity contribution in [2.24, 2.45) is 5.73 Å². The quantitative estimate of drug-likeness (QED) is 0.900. The van der Waals surface area contributed by atoms with Crippen LogP contribution in [0.4, 0.5) is 0 Å². The zero-order valence-corrected chi connectivity index (χ0v) is 10.4. The molecule has 0 aliphatic heterocycles. The van der Waals surface area contributed by atoms with E-state index in [9.17, 15) is 0 Å². The van der Waals surface area contributed by atoms with Gasteiger partial charge in [-0.25, -0.2) is 4.98 Å². The molecule has 1 aromatic heterocycles. The minimum atomic E-state index is -0.507. The van der Waals surface area contributed by atoms with Gasteiger partial charge in [0.25, 0.3) is 0 Å². The van der Waals surface area contributed by atoms with Crippen molar-refractivity contribution in [1.29, 1.82) is 0 Å². The van der Waals surface area contributed by atoms with E-state index in [0.29, 0.717) is 21.4 Å². The summed E-state index contributed by atoms with van der Waals surface area (Å²) in [5.41, 5.74) is 7.15. The van der Waals surface area contributed by atoms with Gasteiger partial charge in [-0.15, -0.1) is 0 Å². The second-order valence-electron chi connectivity index (χ2n) is 3.57. The Morgan fingerprint density at radius 1 is 1.41 bits per heavy atom. The number of imidazole rings is 1. The minimum Gasteiger partial charge on any atom is -0.394 e. The van der Waals surface area contributed by atoms with E-state index in [0.717, 1.165) is 0 Å². The molecule has 6 heteroatoms. The molecule has 17 heavy (non-hydrogen) atoms. The normalized spacial score (nSPS) is 12.7. The number of aliphatic hydroxyl groups excluding tert-OH is 1. The van der Waals surface area contributed by atoms with Crippen molar-refractivity contribution in [1.82, 2.24) is 9.55 Å². The van der Waals surface area contributed by atoms with Gasteiger partial charge < -0.3 is 15.4 Å². The highest BCUT2D eigenvalue weighted by atomic mass is 35.5. The molecule has 1 atom stereocenters. The van der Waals surface area contributed by atoms with Gasteiger partial charge in [-0.3, -0.25) is 0 Å². The van der Waals surface area contributed by atoms with Crippen LogP contribution in [0.15, 0.2) is 30.7 Å². The van der Waals surface area contributed by atoms with Gasteiger partial charge in [0.15, 0.2) is 0 Å². The van der Waals surface area contributed by atoms with Crippen molar-refractivity contribution in [3.8, 4) is 5.69 Å². The second-order valence-corrected chi connectivity index (χ2v) is 4.42. The molecule has 0 amide bonds. The van der Waals surface area contributed by atoms with Crippen molar-refractivity contribution in [2.45, 2.75) is 6.04 Å². The van der Waals surface area contributed by atoms with Gasteiger partial charge in [0.1, 0.15) is 0 Å². The molecule has 3 N–H and O–H groups in total. The van der Waals surface area contributed by atoms with E-state index < -0.39 is 6.04 Å². The summed E-state index contributed by atoms with van der Waals surface area (Å²) >= 11 is 12.0. The van der Waals surface area contributed by atoms with E-state index in [2.05, 4.69) is 4.98 Å². The minimum absolute atomic E-state index is 0.163. The molecule has 0 saturated carbocycles. The molecule has 0 spiro atoms. The Balaban J connectivity index is 2.53. The molecule has 1 heterocycles. The maximum Gasteiger partial charge on any atom is 0.0995 e. The molecule has 0 aliphatic rings. The fraction of sp³-hybridized carbons (Fsp3) is 0.182. The Bertz CT molecular complexity index is 527. The Labute approximate surface area is 109 Å². The predicted molar refractivity (Wildman–Crippen MR) is 67.6 cm³/mol. The second kappa shape index (κ2) is 5.06. The lowest BCUT2D eigenvalue weighted by molar-refractivity contribution is 0.265. The van der Waals surface area contributed by atoms with E-state index in [4.69, 9.17) is 34.0 Å². The van der Waals surface area contributed by atoms with E-state index >= 15 is 0 Å². The number of halogens is 2. The van der Waals surface area contributed by atoms with Gasteiger partial charge in [-0.1, -0.05) is 23.2 Å². The smallest absolute Gasteiger partial charge is 0.0995 e. The molecular formula is C11H11Cl2N3O. The average Bonchev–Trinajstić information content (AvgIpc) is 2.80. The Morgan fingerprint density at radius 2 is 2.18 bits per heavy atom. The molecule has 0 saturated heterocycles. The third-order valence-corrected chi connectivity index (χ3v) is 2.97. The molecule has 0 radical (unpaired) electrons. The van der Waals surface area contributed by atoms with Crippen LogP contribution < -0.4 is 5.73 Å². The highest BCUT2D eigenvalue weighted by molar-refractivity contribution is 6.34. The van der Waals surface area contributed by atoms with Crippen molar-refractivity contribution in [3.05, 3.63) is 46.5 Å². The molecule has 2 aromatic rings. The molecule has 1 unspecified atom stereocenters. The third-order valence-electron chi connectivity index (χ3n) is 2.41.